The number of carbonyl (C=O) groups excluding carboxylic acids is 2. The Kier molecular flexibility index (Phi) is 6.77. The van der Waals surface area contributed by atoms with Crippen molar-refractivity contribution in [1.29, 1.82) is 0 Å². The zero-order valence-corrected chi connectivity index (χ0v) is 18.0. The standard InChI is InChI=1S/C22H26N2O5S/c1-3-4-5-14-29-22(26)17-6-8-19(9-7-17)23-30(27,28)20-10-11-21-18(15-20)12-13-24(21)16(2)25/h6-11,15,23H,3-5,12-14H2,1-2H3. The summed E-state index contributed by atoms with van der Waals surface area (Å²) in [6.07, 6.45) is 3.49. The Morgan fingerprint density at radius 2 is 1.83 bits per heavy atom. The quantitative estimate of drug-likeness (QED) is 0.509. The third-order valence-corrected chi connectivity index (χ3v) is 6.37. The lowest BCUT2D eigenvalue weighted by molar-refractivity contribution is -0.116. The first-order valence-electron chi connectivity index (χ1n) is 10.0. The summed E-state index contributed by atoms with van der Waals surface area (Å²) < 4.78 is 33.2. The van der Waals surface area contributed by atoms with Gasteiger partial charge >= 0.3 is 5.97 Å². The predicted molar refractivity (Wildman–Crippen MR) is 115 cm³/mol. The summed E-state index contributed by atoms with van der Waals surface area (Å²) in [6, 6.07) is 10.9. The van der Waals surface area contributed by atoms with Gasteiger partial charge in [-0.05, 0) is 60.9 Å². The van der Waals surface area contributed by atoms with E-state index >= 15 is 0 Å². The Labute approximate surface area is 177 Å². The number of sulfonamides is 1. The third-order valence-electron chi connectivity index (χ3n) is 4.99. The number of amides is 1. The van der Waals surface area contributed by atoms with Crippen LogP contribution in [0.5, 0.6) is 0 Å². The second kappa shape index (κ2) is 9.30. The van der Waals surface area contributed by atoms with Crippen molar-refractivity contribution in [3.8, 4) is 0 Å². The van der Waals surface area contributed by atoms with Gasteiger partial charge in [0.15, 0.2) is 0 Å². The molecular weight excluding hydrogens is 404 g/mol. The van der Waals surface area contributed by atoms with Crippen LogP contribution in [-0.2, 0) is 26.0 Å². The molecule has 0 aliphatic carbocycles. The van der Waals surface area contributed by atoms with Crippen molar-refractivity contribution in [2.24, 2.45) is 0 Å². The number of nitrogens with zero attached hydrogens (tertiary/aromatic N) is 1. The molecule has 0 saturated heterocycles. The second-order valence-electron chi connectivity index (χ2n) is 7.24. The minimum atomic E-state index is -3.80. The highest BCUT2D eigenvalue weighted by atomic mass is 32.2. The van der Waals surface area contributed by atoms with Gasteiger partial charge in [-0.25, -0.2) is 13.2 Å². The molecule has 1 N–H and O–H groups in total. The molecule has 7 nitrogen and oxygen atoms in total. The van der Waals surface area contributed by atoms with Gasteiger partial charge < -0.3 is 9.64 Å². The summed E-state index contributed by atoms with van der Waals surface area (Å²) in [5, 5.41) is 0. The molecule has 1 aliphatic rings. The number of hydrogen-bond acceptors (Lipinski definition) is 5. The van der Waals surface area contributed by atoms with E-state index in [4.69, 9.17) is 4.74 Å². The summed E-state index contributed by atoms with van der Waals surface area (Å²) >= 11 is 0. The number of esters is 1. The van der Waals surface area contributed by atoms with Gasteiger partial charge in [0.2, 0.25) is 5.91 Å². The van der Waals surface area contributed by atoms with E-state index in [1.807, 2.05) is 0 Å². The van der Waals surface area contributed by atoms with Crippen LogP contribution in [0.4, 0.5) is 11.4 Å². The van der Waals surface area contributed by atoms with Crippen molar-refractivity contribution in [2.75, 3.05) is 22.8 Å². The number of fused-ring (bicyclic) bond motifs is 1. The molecule has 2 aromatic rings. The molecular formula is C22H26N2O5S. The number of nitrogens with one attached hydrogen (secondary N) is 1. The highest BCUT2D eigenvalue weighted by molar-refractivity contribution is 7.92. The van der Waals surface area contributed by atoms with E-state index < -0.39 is 16.0 Å². The first-order valence-corrected chi connectivity index (χ1v) is 11.5. The minimum absolute atomic E-state index is 0.0635. The fraction of sp³-hybridized carbons (Fsp3) is 0.364. The van der Waals surface area contributed by atoms with E-state index in [0.717, 1.165) is 30.5 Å². The molecule has 0 saturated carbocycles. The summed E-state index contributed by atoms with van der Waals surface area (Å²) in [5.74, 6) is -0.486. The Morgan fingerprint density at radius 1 is 1.10 bits per heavy atom. The first-order chi connectivity index (χ1) is 14.3. The molecule has 0 radical (unpaired) electrons. The normalized spacial score (nSPS) is 13.1. The zero-order chi connectivity index (χ0) is 21.7. The van der Waals surface area contributed by atoms with Crippen LogP contribution in [0.2, 0.25) is 0 Å². The van der Waals surface area contributed by atoms with Crippen LogP contribution in [0.25, 0.3) is 0 Å². The van der Waals surface area contributed by atoms with E-state index in [1.165, 1.54) is 37.3 Å². The fourth-order valence-corrected chi connectivity index (χ4v) is 4.47. The predicted octanol–water partition coefficient (Wildman–Crippen LogP) is 3.74. The molecule has 0 unspecified atom stereocenters. The van der Waals surface area contributed by atoms with Gasteiger partial charge in [-0.1, -0.05) is 19.8 Å². The zero-order valence-electron chi connectivity index (χ0n) is 17.2. The van der Waals surface area contributed by atoms with Crippen LogP contribution < -0.4 is 9.62 Å². The number of anilines is 2. The molecule has 160 valence electrons. The van der Waals surface area contributed by atoms with Crippen LogP contribution in [0.1, 0.15) is 49.0 Å². The van der Waals surface area contributed by atoms with Crippen molar-refractivity contribution in [3.05, 3.63) is 53.6 Å². The molecule has 0 spiro atoms. The number of benzene rings is 2. The SMILES string of the molecule is CCCCCOC(=O)c1ccc(NS(=O)(=O)c2ccc3c(c2)CCN3C(C)=O)cc1. The van der Waals surface area contributed by atoms with Crippen LogP contribution in [0.15, 0.2) is 47.4 Å². The highest BCUT2D eigenvalue weighted by Crippen LogP contribution is 2.30. The van der Waals surface area contributed by atoms with Crippen LogP contribution in [-0.4, -0.2) is 33.4 Å². The Morgan fingerprint density at radius 3 is 2.50 bits per heavy atom. The van der Waals surface area contributed by atoms with E-state index in [0.29, 0.717) is 30.8 Å². The molecule has 8 heteroatoms. The monoisotopic (exact) mass is 430 g/mol. The number of unbranched alkanes of at least 4 members (excludes halogenated alkanes) is 2. The molecule has 1 amide bonds. The van der Waals surface area contributed by atoms with Gasteiger partial charge in [-0.15, -0.1) is 0 Å². The Hall–Kier alpha value is -2.87. The molecule has 30 heavy (non-hydrogen) atoms. The van der Waals surface area contributed by atoms with Crippen molar-refractivity contribution < 1.29 is 22.7 Å². The highest BCUT2D eigenvalue weighted by Gasteiger charge is 2.25. The topological polar surface area (TPSA) is 92.8 Å². The number of rotatable bonds is 8. The molecule has 0 atom stereocenters. The maximum Gasteiger partial charge on any atom is 0.338 e. The van der Waals surface area contributed by atoms with E-state index in [-0.39, 0.29) is 10.8 Å². The lowest BCUT2D eigenvalue weighted by Crippen LogP contribution is -2.25. The van der Waals surface area contributed by atoms with Crippen LogP contribution in [0.3, 0.4) is 0 Å². The third kappa shape index (κ3) is 4.99. The summed E-state index contributed by atoms with van der Waals surface area (Å²) in [5.41, 5.74) is 2.30. The smallest absolute Gasteiger partial charge is 0.338 e. The molecule has 0 fully saturated rings. The van der Waals surface area contributed by atoms with Crippen LogP contribution >= 0.6 is 0 Å². The Balaban J connectivity index is 1.67. The van der Waals surface area contributed by atoms with Crippen molar-refractivity contribution in [3.63, 3.8) is 0 Å². The van der Waals surface area contributed by atoms with E-state index in [1.54, 1.807) is 17.0 Å². The fourth-order valence-electron chi connectivity index (χ4n) is 3.36. The second-order valence-corrected chi connectivity index (χ2v) is 8.92. The van der Waals surface area contributed by atoms with Gasteiger partial charge in [-0.3, -0.25) is 9.52 Å². The maximum atomic E-state index is 12.8. The number of carbonyl (C=O) groups is 2. The lowest BCUT2D eigenvalue weighted by atomic mass is 10.2. The molecule has 0 bridgehead atoms. The largest absolute Gasteiger partial charge is 0.462 e. The summed E-state index contributed by atoms with van der Waals surface area (Å²) in [6.45, 7) is 4.50. The number of hydrogen-bond donors (Lipinski definition) is 1. The van der Waals surface area contributed by atoms with Crippen LogP contribution in [0, 0.1) is 0 Å². The summed E-state index contributed by atoms with van der Waals surface area (Å²) in [7, 11) is -3.80. The molecule has 2 aromatic carbocycles. The average molecular weight is 431 g/mol. The lowest BCUT2D eigenvalue weighted by Gasteiger charge is -2.15. The molecule has 1 aliphatic heterocycles. The van der Waals surface area contributed by atoms with Gasteiger partial charge in [0, 0.05) is 24.8 Å². The number of ether oxygens (including phenoxy) is 1. The molecule has 0 aromatic heterocycles. The van der Waals surface area contributed by atoms with Crippen molar-refractivity contribution in [1.82, 2.24) is 0 Å². The van der Waals surface area contributed by atoms with Crippen molar-refractivity contribution >= 4 is 33.3 Å². The van der Waals surface area contributed by atoms with Gasteiger partial charge in [0.05, 0.1) is 17.1 Å². The minimum Gasteiger partial charge on any atom is -0.462 e. The van der Waals surface area contributed by atoms with Gasteiger partial charge in [0.25, 0.3) is 10.0 Å². The van der Waals surface area contributed by atoms with Crippen molar-refractivity contribution in [2.45, 2.75) is 44.4 Å². The molecule has 1 heterocycles. The maximum absolute atomic E-state index is 12.8. The average Bonchev–Trinajstić information content (AvgIpc) is 3.15. The van der Waals surface area contributed by atoms with E-state index in [2.05, 4.69) is 11.6 Å². The van der Waals surface area contributed by atoms with E-state index in [9.17, 15) is 18.0 Å². The first kappa shape index (κ1) is 21.8. The molecule has 3 rings (SSSR count). The van der Waals surface area contributed by atoms with Gasteiger partial charge in [0.1, 0.15) is 0 Å². The Bertz CT molecular complexity index is 1030. The summed E-state index contributed by atoms with van der Waals surface area (Å²) in [4.78, 5) is 25.4. The van der Waals surface area contributed by atoms with Gasteiger partial charge in [-0.2, -0.15) is 0 Å².